The molecule has 32 nitrogen and oxygen atoms in total. The third kappa shape index (κ3) is 14.2. The maximum absolute atomic E-state index is 12.1. The number of aryl methyl sites for hydroxylation is 10. The Morgan fingerprint density at radius 3 is 1.15 bits per heavy atom. The molecular formula is C58H61IN20O12. The molecule has 0 radical (unpaired) electrons. The topological polar surface area (TPSA) is 352 Å². The third-order valence-corrected chi connectivity index (χ3v) is 14.7. The van der Waals surface area contributed by atoms with E-state index >= 15 is 0 Å². The smallest absolute Gasteiger partial charge is 0.369 e. The zero-order valence-electron chi connectivity index (χ0n) is 54.7. The third-order valence-electron chi connectivity index (χ3n) is 13.9. The molecule has 13 rings (SSSR count). The van der Waals surface area contributed by atoms with Crippen LogP contribution < -0.4 is 41.7 Å². The second kappa shape index (κ2) is 28.1. The monoisotopic (exact) mass is 1360 g/mol. The van der Waals surface area contributed by atoms with Gasteiger partial charge in [0, 0.05) is 63.1 Å². The summed E-state index contributed by atoms with van der Waals surface area (Å²) in [6.45, 7) is 11.8. The number of hydrogen-bond donors (Lipinski definition) is 0. The van der Waals surface area contributed by atoms with Crippen molar-refractivity contribution in [3.05, 3.63) is 204 Å². The van der Waals surface area contributed by atoms with Crippen LogP contribution in [0.4, 0.5) is 0 Å². The summed E-state index contributed by atoms with van der Waals surface area (Å²) in [6, 6.07) is 22.2. The van der Waals surface area contributed by atoms with Gasteiger partial charge < -0.3 is 37.0 Å². The molecule has 8 aromatic heterocycles. The minimum absolute atomic E-state index is 0.151. The molecule has 0 N–H and O–H groups in total. The predicted octanol–water partition coefficient (Wildman–Crippen LogP) is 5.72. The summed E-state index contributed by atoms with van der Waals surface area (Å²) in [5.74, 6) is 5.94. The van der Waals surface area contributed by atoms with Crippen LogP contribution in [0.5, 0.6) is 23.0 Å². The maximum Gasteiger partial charge on any atom is 0.369 e. The number of rotatable bonds is 18. The van der Waals surface area contributed by atoms with Gasteiger partial charge in [-0.25, -0.2) is 19.2 Å². The van der Waals surface area contributed by atoms with E-state index in [9.17, 15) is 19.2 Å². The summed E-state index contributed by atoms with van der Waals surface area (Å²) < 4.78 is 84.0. The molecular weight excluding hydrogens is 1300 g/mol. The van der Waals surface area contributed by atoms with Crippen molar-refractivity contribution in [1.29, 1.82) is 0 Å². The second-order valence-corrected chi connectivity index (χ2v) is 21.3. The van der Waals surface area contributed by atoms with Crippen molar-refractivity contribution in [3.8, 4) is 46.3 Å². The lowest BCUT2D eigenvalue weighted by Gasteiger charge is -2.09. The lowest BCUT2D eigenvalue weighted by atomic mass is 10.2. The van der Waals surface area contributed by atoms with Crippen LogP contribution in [0.25, 0.3) is 23.3 Å². The first-order valence-corrected chi connectivity index (χ1v) is 28.9. The first kappa shape index (κ1) is 57.8. The van der Waals surface area contributed by atoms with Crippen molar-refractivity contribution < 1.29 is 42.5 Å². The van der Waals surface area contributed by atoms with E-state index in [1.807, 2.05) is 57.2 Å². The van der Waals surface area contributed by atoms with Crippen molar-refractivity contribution in [2.45, 2.75) is 93.2 Å². The molecule has 12 aromatic rings. The molecule has 4 aromatic carbocycles. The molecule has 0 bridgehead atoms. The number of nitrogens with zero attached hydrogens (tertiary/aromatic N) is 20. The Labute approximate surface area is 534 Å². The minimum atomic E-state index is -0.425. The van der Waals surface area contributed by atoms with Crippen LogP contribution in [0.3, 0.4) is 0 Å². The highest BCUT2D eigenvalue weighted by atomic mass is 127. The van der Waals surface area contributed by atoms with Crippen molar-refractivity contribution in [3.63, 3.8) is 0 Å². The molecule has 0 saturated heterocycles. The lowest BCUT2D eigenvalue weighted by Crippen LogP contribution is -2.23. The van der Waals surface area contributed by atoms with E-state index in [0.29, 0.717) is 103 Å². The molecule has 0 atom stereocenters. The van der Waals surface area contributed by atoms with Crippen molar-refractivity contribution >= 4 is 22.6 Å². The highest BCUT2D eigenvalue weighted by molar-refractivity contribution is 14.1. The van der Waals surface area contributed by atoms with Crippen LogP contribution in [0.15, 0.2) is 134 Å². The zero-order chi connectivity index (χ0) is 67.9. The molecule has 1 fully saturated rings. The largest absolute Gasteiger partial charge is 0.488 e. The molecule has 1 aliphatic rings. The fraction of sp³-hybridized carbons (Fsp3) is 0.310. The highest BCUT2D eigenvalue weighted by Gasteiger charge is 2.34. The van der Waals surface area contributed by atoms with Gasteiger partial charge in [0.15, 0.2) is 0 Å². The number of tetrazole rings is 4. The first-order valence-electron chi connectivity index (χ1n) is 29.8. The quantitative estimate of drug-likeness (QED) is 0.0927. The fourth-order valence-corrected chi connectivity index (χ4v) is 9.01. The summed E-state index contributed by atoms with van der Waals surface area (Å²) in [6.07, 6.45) is 2.67. The Hall–Kier alpha value is -10.9. The van der Waals surface area contributed by atoms with Gasteiger partial charge in [0.1, 0.15) is 66.7 Å². The predicted molar refractivity (Wildman–Crippen MR) is 327 cm³/mol. The van der Waals surface area contributed by atoms with Crippen LogP contribution in [0.2, 0.25) is 0 Å². The fourth-order valence-electron chi connectivity index (χ4n) is 8.52. The van der Waals surface area contributed by atoms with E-state index in [1.54, 1.807) is 79.7 Å². The standard InChI is InChI=1S/C16H17N5O3.C15H17N5O3.C14H15N5O3.C13H12IN5O3/c1-10-5-3-4-6-13(10)23-9-12-14(11-7-8-11)24-17-15(12)21-16(22)20(2)18-19-21;1-4-12-11(9-22-13-8-6-5-7-10(13)2)14(16-23-12)20-15(21)19(3)17-18-20;1-9-6-4-5-7-12(9)21-8-11-10(2)22-15-13(11)19-14(20)18(3)16-17-19;1-8-5-3-4-6-10(8)21-7-9-11(14)22-15-12(9)19-13(20)18(2)16-17-19/h3-6,11H,7-9H2,1-2H3;5-8H,4,9H2,1-3H3;4-7H,8H2,1-3H3;3-6H,7H2,1-2H3/i3T;5T;4T;3T. The lowest BCUT2D eigenvalue weighted by molar-refractivity contribution is 0.298. The average molecular weight is 1370 g/mol. The molecule has 1 saturated carbocycles. The van der Waals surface area contributed by atoms with E-state index in [1.165, 1.54) is 28.2 Å². The number of hydrogen-bond acceptors (Lipinski definition) is 24. The molecule has 91 heavy (non-hydrogen) atoms. The Morgan fingerprint density at radius 1 is 0.451 bits per heavy atom. The molecule has 8 heterocycles. The van der Waals surface area contributed by atoms with E-state index in [-0.39, 0.29) is 43.9 Å². The first-order chi connectivity index (χ1) is 45.5. The summed E-state index contributed by atoms with van der Waals surface area (Å²) in [5, 5.41) is 45.6. The van der Waals surface area contributed by atoms with Crippen molar-refractivity contribution in [2.24, 2.45) is 28.2 Å². The average Bonchev–Trinajstić information content (AvgIpc) is 1.62. The molecule has 472 valence electrons. The summed E-state index contributed by atoms with van der Waals surface area (Å²) >= 11 is 1.97. The van der Waals surface area contributed by atoms with Crippen LogP contribution in [-0.2, 0) is 61.0 Å². The normalized spacial score (nSPS) is 12.3. The molecule has 0 unspecified atom stereocenters. The Morgan fingerprint density at radius 2 is 0.780 bits per heavy atom. The minimum Gasteiger partial charge on any atom is -0.488 e. The van der Waals surface area contributed by atoms with Gasteiger partial charge >= 0.3 is 22.8 Å². The number of para-hydroxylation sites is 4. The number of benzene rings is 4. The number of halogens is 1. The number of aromatic nitrogens is 20. The van der Waals surface area contributed by atoms with Gasteiger partial charge in [-0.3, -0.25) is 0 Å². The van der Waals surface area contributed by atoms with Gasteiger partial charge in [0.05, 0.1) is 27.7 Å². The molecule has 0 amide bonds. The SMILES string of the molecule is [3H]c1ccc(OCc2c(-n3nnn(C)c3=O)noc2C)c(C)c1.[3H]c1ccc(OCc2c(-n3nnn(C)c3=O)noc2C2CC2)c(C)c1.[3H]c1ccc(OCc2c(-n3nnn(C)c3=O)noc2CC)c(C)c1.[3H]c1ccc(OCc2c(-n3nnn(C)c3=O)noc2I)c(C)c1. The van der Waals surface area contributed by atoms with Gasteiger partial charge in [-0.2, -0.15) is 18.7 Å². The second-order valence-electron chi connectivity index (χ2n) is 20.3. The van der Waals surface area contributed by atoms with Crippen LogP contribution in [-0.4, -0.2) is 99.8 Å². The van der Waals surface area contributed by atoms with Gasteiger partial charge in [0.25, 0.3) is 0 Å². The van der Waals surface area contributed by atoms with Gasteiger partial charge in [-0.05, 0) is 136 Å². The van der Waals surface area contributed by atoms with E-state index in [0.717, 1.165) is 78.3 Å². The Balaban J connectivity index is 0.000000138. The van der Waals surface area contributed by atoms with Crippen molar-refractivity contribution in [1.82, 2.24) is 99.8 Å². The molecule has 1 aliphatic carbocycles. The maximum atomic E-state index is 12.1. The molecule has 0 spiro atoms. The van der Waals surface area contributed by atoms with E-state index < -0.39 is 22.8 Å². The summed E-state index contributed by atoms with van der Waals surface area (Å²) in [7, 11) is 6.03. The summed E-state index contributed by atoms with van der Waals surface area (Å²) in [4.78, 5) is 48.1. The highest BCUT2D eigenvalue weighted by Crippen LogP contribution is 2.43. The van der Waals surface area contributed by atoms with E-state index in [2.05, 4.69) is 62.3 Å². The molecule has 33 heteroatoms. The van der Waals surface area contributed by atoms with Gasteiger partial charge in [0.2, 0.25) is 27.0 Å². The Bertz CT molecular complexity index is 4820. The van der Waals surface area contributed by atoms with Gasteiger partial charge in [-0.1, -0.05) is 100 Å². The van der Waals surface area contributed by atoms with Crippen LogP contribution in [0.1, 0.15) is 93.0 Å². The van der Waals surface area contributed by atoms with E-state index in [4.69, 9.17) is 42.5 Å². The van der Waals surface area contributed by atoms with Crippen molar-refractivity contribution in [2.75, 3.05) is 0 Å². The molecule has 0 aliphatic heterocycles. The van der Waals surface area contributed by atoms with Crippen LogP contribution in [0, 0.1) is 38.4 Å². The van der Waals surface area contributed by atoms with Gasteiger partial charge in [-0.15, -0.1) is 18.7 Å². The number of ether oxygens (including phenoxy) is 4. The Kier molecular flexibility index (Phi) is 17.9. The zero-order valence-corrected chi connectivity index (χ0v) is 52.8. The van der Waals surface area contributed by atoms with Crippen LogP contribution >= 0.6 is 22.6 Å². The summed E-state index contributed by atoms with van der Waals surface area (Å²) in [5.41, 5.74) is 4.34.